The van der Waals surface area contributed by atoms with Gasteiger partial charge in [0, 0.05) is 42.3 Å². The Hall–Kier alpha value is -4.82. The molecule has 4 heterocycles. The second-order valence-electron chi connectivity index (χ2n) is 10.4. The number of sulfonamides is 1. The number of carboxylic acid groups (broad SMARTS) is 1. The number of anilines is 2. The smallest absolute Gasteiger partial charge is 0.407 e. The van der Waals surface area contributed by atoms with Gasteiger partial charge in [0.2, 0.25) is 11.8 Å². The summed E-state index contributed by atoms with van der Waals surface area (Å²) in [5, 5.41) is 14.0. The molecule has 0 unspecified atom stereocenters. The number of rotatable bonds is 8. The van der Waals surface area contributed by atoms with Crippen LogP contribution in [0.4, 0.5) is 16.4 Å². The molecule has 3 aromatic heterocycles. The summed E-state index contributed by atoms with van der Waals surface area (Å²) in [6.07, 6.45) is 3.87. The Balaban J connectivity index is 1.30. The molecule has 3 N–H and O–H groups in total. The highest BCUT2D eigenvalue weighted by Crippen LogP contribution is 2.39. The number of benzene rings is 2. The lowest BCUT2D eigenvalue weighted by molar-refractivity contribution is 0.132. The van der Waals surface area contributed by atoms with Gasteiger partial charge in [-0.05, 0) is 74.1 Å². The normalized spacial score (nSPS) is 15.2. The summed E-state index contributed by atoms with van der Waals surface area (Å²) in [6.45, 7) is 4.52. The Morgan fingerprint density at radius 3 is 2.73 bits per heavy atom. The molecule has 5 aromatic rings. The SMILES string of the molecule is Cc1cc(S(=O)(=O)Nc2cccc3c(Oc4ncccc4-c4ccnc(N[C@H]5CCCN(C(=O)O)C5)n4)c(C)ccc23)sn1. The van der Waals surface area contributed by atoms with Crippen LogP contribution >= 0.6 is 11.5 Å². The first kappa shape index (κ1) is 29.3. The van der Waals surface area contributed by atoms with Crippen molar-refractivity contribution in [2.24, 2.45) is 0 Å². The number of hydrogen-bond acceptors (Lipinski definition) is 10. The van der Waals surface area contributed by atoms with Crippen LogP contribution in [0.1, 0.15) is 24.1 Å². The van der Waals surface area contributed by atoms with Gasteiger partial charge in [-0.25, -0.2) is 28.2 Å². The molecule has 1 amide bonds. The maximum absolute atomic E-state index is 13.1. The first-order chi connectivity index (χ1) is 21.2. The third-order valence-electron chi connectivity index (χ3n) is 7.25. The molecule has 0 bridgehead atoms. The quantitative estimate of drug-likeness (QED) is 0.188. The molecule has 12 nitrogen and oxygen atoms in total. The predicted octanol–water partition coefficient (Wildman–Crippen LogP) is 5.91. The van der Waals surface area contributed by atoms with E-state index >= 15 is 0 Å². The lowest BCUT2D eigenvalue weighted by atomic mass is 10.0. The molecule has 14 heteroatoms. The number of fused-ring (bicyclic) bond motifs is 1. The van der Waals surface area contributed by atoms with E-state index in [0.717, 1.165) is 29.9 Å². The van der Waals surface area contributed by atoms with Crippen molar-refractivity contribution in [3.8, 4) is 22.9 Å². The second kappa shape index (κ2) is 12.1. The molecule has 1 atom stereocenters. The van der Waals surface area contributed by atoms with Crippen molar-refractivity contribution in [1.29, 1.82) is 0 Å². The molecule has 1 fully saturated rings. The third-order valence-corrected chi connectivity index (χ3v) is 9.95. The van der Waals surface area contributed by atoms with E-state index in [-0.39, 0.29) is 10.3 Å². The highest BCUT2D eigenvalue weighted by molar-refractivity contribution is 7.94. The molecule has 6 rings (SSSR count). The molecular weight excluding hydrogens is 603 g/mol. The third kappa shape index (κ3) is 6.12. The Labute approximate surface area is 258 Å². The van der Waals surface area contributed by atoms with Gasteiger partial charge in [0.1, 0.15) is 5.75 Å². The summed E-state index contributed by atoms with van der Waals surface area (Å²) in [6, 6.07) is 15.9. The monoisotopic (exact) mass is 631 g/mol. The first-order valence-electron chi connectivity index (χ1n) is 13.9. The van der Waals surface area contributed by atoms with E-state index in [1.54, 1.807) is 43.6 Å². The Kier molecular flexibility index (Phi) is 8.01. The van der Waals surface area contributed by atoms with Crippen LogP contribution in [0.25, 0.3) is 22.0 Å². The molecule has 226 valence electrons. The van der Waals surface area contributed by atoms with Crippen LogP contribution in [0.5, 0.6) is 11.6 Å². The van der Waals surface area contributed by atoms with Crippen molar-refractivity contribution in [3.05, 3.63) is 78.2 Å². The van der Waals surface area contributed by atoms with Crippen molar-refractivity contribution < 1.29 is 23.1 Å². The van der Waals surface area contributed by atoms with E-state index in [1.165, 1.54) is 11.0 Å². The summed E-state index contributed by atoms with van der Waals surface area (Å²) in [5.41, 5.74) is 3.08. The largest absolute Gasteiger partial charge is 0.465 e. The van der Waals surface area contributed by atoms with E-state index in [9.17, 15) is 18.3 Å². The zero-order valence-electron chi connectivity index (χ0n) is 23.9. The average Bonchev–Trinajstić information content (AvgIpc) is 3.46. The van der Waals surface area contributed by atoms with Gasteiger partial charge in [-0.1, -0.05) is 24.3 Å². The molecule has 1 aliphatic heterocycles. The van der Waals surface area contributed by atoms with Crippen LogP contribution in [0.15, 0.2) is 71.2 Å². The fraction of sp³-hybridized carbons (Fsp3) is 0.233. The van der Waals surface area contributed by atoms with Gasteiger partial charge in [0.05, 0.1) is 22.6 Å². The molecule has 2 aromatic carbocycles. The number of aryl methyl sites for hydroxylation is 2. The van der Waals surface area contributed by atoms with Crippen LogP contribution in [0, 0.1) is 13.8 Å². The summed E-state index contributed by atoms with van der Waals surface area (Å²) < 4.78 is 39.5. The molecule has 0 saturated carbocycles. The van der Waals surface area contributed by atoms with Crippen LogP contribution < -0.4 is 14.8 Å². The molecule has 44 heavy (non-hydrogen) atoms. The number of nitrogens with one attached hydrogen (secondary N) is 2. The number of nitrogens with zero attached hydrogens (tertiary/aromatic N) is 5. The fourth-order valence-corrected chi connectivity index (χ4v) is 7.15. The molecule has 0 radical (unpaired) electrons. The molecule has 0 aliphatic carbocycles. The average molecular weight is 632 g/mol. The highest BCUT2D eigenvalue weighted by Gasteiger charge is 2.24. The van der Waals surface area contributed by atoms with E-state index in [1.807, 2.05) is 31.2 Å². The van der Waals surface area contributed by atoms with E-state index in [2.05, 4.69) is 29.4 Å². The first-order valence-corrected chi connectivity index (χ1v) is 16.1. The second-order valence-corrected chi connectivity index (χ2v) is 13.2. The van der Waals surface area contributed by atoms with E-state index < -0.39 is 16.1 Å². The number of piperidine rings is 1. The van der Waals surface area contributed by atoms with Crippen molar-refractivity contribution >= 4 is 50.1 Å². The lowest BCUT2D eigenvalue weighted by Gasteiger charge is -2.31. The standard InChI is InChI=1S/C30H29N7O5S2/c1-18-10-11-21-22(7-3-9-25(21)36-44(40,41)26-16-19(2)35-43-26)27(18)42-28-23(8-4-13-31-28)24-12-14-32-29(34-24)33-20-6-5-15-37(17-20)30(38)39/h3-4,7-14,16,20,36H,5-6,15,17H2,1-2H3,(H,38,39)(H,32,33,34)/t20-/m0/s1. The van der Waals surface area contributed by atoms with Crippen LogP contribution in [0.3, 0.4) is 0 Å². The molecule has 1 saturated heterocycles. The number of pyridine rings is 1. The van der Waals surface area contributed by atoms with Gasteiger partial charge in [-0.15, -0.1) is 0 Å². The predicted molar refractivity (Wildman–Crippen MR) is 168 cm³/mol. The maximum atomic E-state index is 13.1. The van der Waals surface area contributed by atoms with Gasteiger partial charge in [-0.3, -0.25) is 4.72 Å². The van der Waals surface area contributed by atoms with Gasteiger partial charge < -0.3 is 20.1 Å². The van der Waals surface area contributed by atoms with Crippen LogP contribution in [-0.4, -0.2) is 63.0 Å². The molecule has 1 aliphatic rings. The van der Waals surface area contributed by atoms with Gasteiger partial charge >= 0.3 is 6.09 Å². The topological polar surface area (TPSA) is 160 Å². The number of likely N-dealkylation sites (tertiary alicyclic amines) is 1. The van der Waals surface area contributed by atoms with Crippen LogP contribution in [0.2, 0.25) is 0 Å². The molecule has 0 spiro atoms. The van der Waals surface area contributed by atoms with Crippen molar-refractivity contribution in [1.82, 2.24) is 24.2 Å². The number of amides is 1. The minimum Gasteiger partial charge on any atom is -0.465 e. The zero-order chi connectivity index (χ0) is 30.8. The summed E-state index contributed by atoms with van der Waals surface area (Å²) >= 11 is 0.926. The number of aromatic nitrogens is 4. The fourth-order valence-electron chi connectivity index (χ4n) is 5.12. The van der Waals surface area contributed by atoms with Gasteiger partial charge in [0.15, 0.2) is 4.21 Å². The van der Waals surface area contributed by atoms with Crippen LogP contribution in [-0.2, 0) is 10.0 Å². The van der Waals surface area contributed by atoms with Crippen molar-refractivity contribution in [2.75, 3.05) is 23.1 Å². The molecular formula is C30H29N7O5S2. The zero-order valence-corrected chi connectivity index (χ0v) is 25.5. The van der Waals surface area contributed by atoms with Crippen molar-refractivity contribution in [3.63, 3.8) is 0 Å². The Morgan fingerprint density at radius 2 is 1.93 bits per heavy atom. The minimum atomic E-state index is -3.83. The number of ether oxygens (including phenoxy) is 1. The van der Waals surface area contributed by atoms with Gasteiger partial charge in [0.25, 0.3) is 10.0 Å². The summed E-state index contributed by atoms with van der Waals surface area (Å²) in [5.74, 6) is 1.22. The van der Waals surface area contributed by atoms with E-state index in [0.29, 0.717) is 64.1 Å². The number of hydrogen-bond donors (Lipinski definition) is 3. The Morgan fingerprint density at radius 1 is 1.07 bits per heavy atom. The van der Waals surface area contributed by atoms with Gasteiger partial charge in [-0.2, -0.15) is 4.37 Å². The number of carbonyl (C=O) groups is 1. The summed E-state index contributed by atoms with van der Waals surface area (Å²) in [4.78, 5) is 26.4. The van der Waals surface area contributed by atoms with Crippen molar-refractivity contribution in [2.45, 2.75) is 36.9 Å². The lowest BCUT2D eigenvalue weighted by Crippen LogP contribution is -2.44. The highest BCUT2D eigenvalue weighted by atomic mass is 32.2. The maximum Gasteiger partial charge on any atom is 0.407 e. The van der Waals surface area contributed by atoms with E-state index in [4.69, 9.17) is 4.74 Å². The minimum absolute atomic E-state index is 0.107. The Bertz CT molecular complexity index is 1960. The summed E-state index contributed by atoms with van der Waals surface area (Å²) in [7, 11) is -3.83.